The first-order valence-corrected chi connectivity index (χ1v) is 9.04. The molecule has 0 saturated carbocycles. The third kappa shape index (κ3) is 2.97. The number of rotatable bonds is 3. The van der Waals surface area contributed by atoms with Gasteiger partial charge in [0.1, 0.15) is 0 Å². The molecular weight excluding hydrogens is 363 g/mol. The van der Waals surface area contributed by atoms with E-state index in [2.05, 4.69) is 11.5 Å². The van der Waals surface area contributed by atoms with Crippen molar-refractivity contribution in [2.75, 3.05) is 0 Å². The molecule has 0 aliphatic rings. The fourth-order valence-electron chi connectivity index (χ4n) is 3.78. The summed E-state index contributed by atoms with van der Waals surface area (Å²) in [5, 5.41) is 1.95. The molecule has 0 fully saturated rings. The molecule has 1 aromatic heterocycles. The van der Waals surface area contributed by atoms with Gasteiger partial charge in [-0.25, -0.2) is 0 Å². The van der Waals surface area contributed by atoms with Crippen LogP contribution in [0.2, 0.25) is 0 Å². The number of alkyl halides is 3. The Hall–Kier alpha value is -3.08. The van der Waals surface area contributed by atoms with Gasteiger partial charge in [0.25, 0.3) is 0 Å². The number of benzene rings is 3. The highest BCUT2D eigenvalue weighted by Crippen LogP contribution is 2.33. The van der Waals surface area contributed by atoms with Crippen LogP contribution in [0.4, 0.5) is 13.2 Å². The summed E-state index contributed by atoms with van der Waals surface area (Å²) in [5.74, 6) is -0.413. The zero-order valence-corrected chi connectivity index (χ0v) is 15.5. The Morgan fingerprint density at radius 2 is 1.61 bits per heavy atom. The first kappa shape index (κ1) is 18.3. The van der Waals surface area contributed by atoms with Crippen LogP contribution >= 0.6 is 0 Å². The number of fused-ring (bicyclic) bond motifs is 3. The van der Waals surface area contributed by atoms with Crippen LogP contribution in [-0.2, 0) is 12.7 Å². The van der Waals surface area contributed by atoms with Crippen molar-refractivity contribution in [3.8, 4) is 0 Å². The first-order chi connectivity index (χ1) is 13.3. The van der Waals surface area contributed by atoms with E-state index in [1.54, 1.807) is 19.1 Å². The molecule has 0 amide bonds. The second kappa shape index (κ2) is 6.51. The zero-order valence-electron chi connectivity index (χ0n) is 15.5. The van der Waals surface area contributed by atoms with E-state index in [0.717, 1.165) is 40.5 Å². The van der Waals surface area contributed by atoms with Crippen LogP contribution in [0.5, 0.6) is 0 Å². The maximum absolute atomic E-state index is 13.1. The fraction of sp³-hybridized carbons (Fsp3) is 0.174. The summed E-state index contributed by atoms with van der Waals surface area (Å²) in [4.78, 5) is 13.0. The number of aromatic nitrogens is 1. The number of carbonyl (C=O) groups is 1. The van der Waals surface area contributed by atoms with Gasteiger partial charge in [0.15, 0.2) is 5.78 Å². The van der Waals surface area contributed by atoms with Crippen molar-refractivity contribution in [3.63, 3.8) is 0 Å². The van der Waals surface area contributed by atoms with Gasteiger partial charge < -0.3 is 4.57 Å². The normalized spacial score (nSPS) is 12.0. The number of halogens is 3. The molecule has 0 unspecified atom stereocenters. The number of hydrogen-bond acceptors (Lipinski definition) is 1. The molecule has 2 nitrogen and oxygen atoms in total. The van der Waals surface area contributed by atoms with E-state index in [1.165, 1.54) is 6.07 Å². The lowest BCUT2D eigenvalue weighted by Crippen LogP contribution is -2.09. The van der Waals surface area contributed by atoms with Crippen molar-refractivity contribution >= 4 is 27.6 Å². The van der Waals surface area contributed by atoms with E-state index in [4.69, 9.17) is 0 Å². The molecule has 5 heteroatoms. The Kier molecular flexibility index (Phi) is 4.26. The first-order valence-electron chi connectivity index (χ1n) is 9.04. The van der Waals surface area contributed by atoms with Gasteiger partial charge in [-0.3, -0.25) is 4.79 Å². The van der Waals surface area contributed by atoms with Crippen LogP contribution < -0.4 is 0 Å². The summed E-state index contributed by atoms with van der Waals surface area (Å²) in [6.07, 6.45) is -4.49. The van der Waals surface area contributed by atoms with Crippen molar-refractivity contribution < 1.29 is 18.0 Å². The molecule has 0 bridgehead atoms. The van der Waals surface area contributed by atoms with Gasteiger partial charge in [0.05, 0.1) is 5.56 Å². The molecule has 1 heterocycles. The second-order valence-electron chi connectivity index (χ2n) is 6.91. The van der Waals surface area contributed by atoms with Gasteiger partial charge in [0.2, 0.25) is 0 Å². The number of aryl methyl sites for hydroxylation is 2. The van der Waals surface area contributed by atoms with Crippen molar-refractivity contribution in [1.29, 1.82) is 0 Å². The van der Waals surface area contributed by atoms with Gasteiger partial charge in [0, 0.05) is 39.5 Å². The highest BCUT2D eigenvalue weighted by Gasteiger charge is 2.31. The molecule has 0 saturated heterocycles. The van der Waals surface area contributed by atoms with E-state index < -0.39 is 17.5 Å². The third-order valence-corrected chi connectivity index (χ3v) is 5.02. The van der Waals surface area contributed by atoms with Crippen molar-refractivity contribution in [1.82, 2.24) is 4.57 Å². The molecule has 0 N–H and O–H groups in total. The van der Waals surface area contributed by atoms with Crippen LogP contribution in [0.1, 0.15) is 34.0 Å². The summed E-state index contributed by atoms with van der Waals surface area (Å²) in [5.41, 5.74) is 2.09. The van der Waals surface area contributed by atoms with Crippen LogP contribution in [0.15, 0.2) is 60.7 Å². The number of hydrogen-bond donors (Lipinski definition) is 0. The lowest BCUT2D eigenvalue weighted by atomic mass is 9.97. The molecule has 3 aromatic carbocycles. The SMILES string of the molecule is CCn1c2ccccc2c2cc(C(=O)c3cc(C)cc(C(F)(F)F)c3)ccc21. The number of para-hydroxylation sites is 1. The van der Waals surface area contributed by atoms with Gasteiger partial charge >= 0.3 is 6.18 Å². The quantitative estimate of drug-likeness (QED) is 0.378. The number of ketones is 1. The van der Waals surface area contributed by atoms with E-state index in [-0.39, 0.29) is 5.56 Å². The van der Waals surface area contributed by atoms with E-state index in [9.17, 15) is 18.0 Å². The smallest absolute Gasteiger partial charge is 0.341 e. The van der Waals surface area contributed by atoms with Crippen molar-refractivity contribution in [2.24, 2.45) is 0 Å². The lowest BCUT2D eigenvalue weighted by molar-refractivity contribution is -0.137. The molecule has 4 aromatic rings. The lowest BCUT2D eigenvalue weighted by Gasteiger charge is -2.10. The van der Waals surface area contributed by atoms with E-state index in [0.29, 0.717) is 11.1 Å². The minimum absolute atomic E-state index is 0.0471. The predicted octanol–water partition coefficient (Wildman–Crippen LogP) is 6.37. The molecule has 0 radical (unpaired) electrons. The zero-order chi connectivity index (χ0) is 20.1. The topological polar surface area (TPSA) is 22.0 Å². The molecule has 0 atom stereocenters. The standard InChI is InChI=1S/C23H18F3NO/c1-3-27-20-7-5-4-6-18(20)19-13-15(8-9-21(19)27)22(28)16-10-14(2)11-17(12-16)23(24,25)26/h4-13H,3H2,1-2H3. The largest absolute Gasteiger partial charge is 0.416 e. The Morgan fingerprint density at radius 1 is 0.893 bits per heavy atom. The van der Waals surface area contributed by atoms with E-state index in [1.807, 2.05) is 30.3 Å². The highest BCUT2D eigenvalue weighted by molar-refractivity contribution is 6.14. The Labute approximate surface area is 160 Å². The molecule has 4 rings (SSSR count). The van der Waals surface area contributed by atoms with Gasteiger partial charge in [-0.05, 0) is 61.9 Å². The molecule has 0 aliphatic carbocycles. The number of nitrogens with zero attached hydrogens (tertiary/aromatic N) is 1. The average Bonchev–Trinajstić information content (AvgIpc) is 2.99. The van der Waals surface area contributed by atoms with Gasteiger partial charge in [-0.1, -0.05) is 18.2 Å². The molecule has 0 aliphatic heterocycles. The minimum atomic E-state index is -4.49. The minimum Gasteiger partial charge on any atom is -0.341 e. The Bertz CT molecular complexity index is 1220. The van der Waals surface area contributed by atoms with Crippen LogP contribution in [-0.4, -0.2) is 10.4 Å². The third-order valence-electron chi connectivity index (χ3n) is 5.02. The molecule has 142 valence electrons. The maximum Gasteiger partial charge on any atom is 0.416 e. The molecule has 28 heavy (non-hydrogen) atoms. The van der Waals surface area contributed by atoms with Crippen LogP contribution in [0.3, 0.4) is 0 Å². The van der Waals surface area contributed by atoms with Crippen LogP contribution in [0, 0.1) is 6.92 Å². The fourth-order valence-corrected chi connectivity index (χ4v) is 3.78. The van der Waals surface area contributed by atoms with Gasteiger partial charge in [-0.2, -0.15) is 13.2 Å². The van der Waals surface area contributed by atoms with E-state index >= 15 is 0 Å². The number of carbonyl (C=O) groups excluding carboxylic acids is 1. The van der Waals surface area contributed by atoms with Crippen molar-refractivity contribution in [2.45, 2.75) is 26.6 Å². The van der Waals surface area contributed by atoms with Crippen LogP contribution in [0.25, 0.3) is 21.8 Å². The molecule has 0 spiro atoms. The van der Waals surface area contributed by atoms with Gasteiger partial charge in [-0.15, -0.1) is 0 Å². The summed E-state index contributed by atoms with van der Waals surface area (Å²) in [6, 6.07) is 16.7. The summed E-state index contributed by atoms with van der Waals surface area (Å²) < 4.78 is 41.5. The monoisotopic (exact) mass is 381 g/mol. The second-order valence-corrected chi connectivity index (χ2v) is 6.91. The summed E-state index contributed by atoms with van der Waals surface area (Å²) in [6.45, 7) is 4.39. The van der Waals surface area contributed by atoms with Crippen molar-refractivity contribution in [3.05, 3.63) is 82.9 Å². The Morgan fingerprint density at radius 3 is 2.32 bits per heavy atom. The molecular formula is C23H18F3NO. The maximum atomic E-state index is 13.1. The summed E-state index contributed by atoms with van der Waals surface area (Å²) in [7, 11) is 0. The predicted molar refractivity (Wildman–Crippen MR) is 105 cm³/mol. The summed E-state index contributed by atoms with van der Waals surface area (Å²) >= 11 is 0. The Balaban J connectivity index is 1.87. The highest BCUT2D eigenvalue weighted by atomic mass is 19.4. The average molecular weight is 381 g/mol.